The van der Waals surface area contributed by atoms with Crippen molar-refractivity contribution in [3.63, 3.8) is 0 Å². The van der Waals surface area contributed by atoms with Gasteiger partial charge in [0.05, 0.1) is 18.2 Å². The van der Waals surface area contributed by atoms with Crippen LogP contribution in [0, 0.1) is 6.92 Å². The molecule has 1 atom stereocenters. The summed E-state index contributed by atoms with van der Waals surface area (Å²) in [6, 6.07) is 14.4. The maximum atomic E-state index is 12.1. The molecule has 1 aromatic carbocycles. The highest BCUT2D eigenvalue weighted by Gasteiger charge is 2.13. The first kappa shape index (κ1) is 17.8. The molecule has 0 spiro atoms. The van der Waals surface area contributed by atoms with E-state index in [4.69, 9.17) is 4.74 Å². The van der Waals surface area contributed by atoms with Crippen molar-refractivity contribution in [3.8, 4) is 0 Å². The fourth-order valence-electron chi connectivity index (χ4n) is 2.70. The number of esters is 1. The van der Waals surface area contributed by atoms with Gasteiger partial charge in [0.15, 0.2) is 0 Å². The van der Waals surface area contributed by atoms with Crippen molar-refractivity contribution in [3.05, 3.63) is 81.9 Å². The Morgan fingerprint density at radius 2 is 2.00 bits per heavy atom. The van der Waals surface area contributed by atoms with E-state index in [9.17, 15) is 14.7 Å². The summed E-state index contributed by atoms with van der Waals surface area (Å²) in [5, 5.41) is 10.0. The zero-order valence-electron chi connectivity index (χ0n) is 14.5. The highest BCUT2D eigenvalue weighted by molar-refractivity contribution is 5.70. The number of nitrogens with zero attached hydrogens (tertiary/aromatic N) is 2. The molecule has 1 N–H and O–H groups in total. The standard InChI is InChI=1S/C20H20N2O4/c1-14-7-8-18-21-16(10-19(24)22(18)12-14)13-26-20(25)11-17(23)9-15-5-3-2-4-6-15/h2-8,10,12,17,23H,9,11,13H2,1H3. The first-order valence-electron chi connectivity index (χ1n) is 8.38. The van der Waals surface area contributed by atoms with Crippen LogP contribution in [0.1, 0.15) is 23.2 Å². The minimum absolute atomic E-state index is 0.101. The molecule has 0 saturated heterocycles. The molecule has 0 aliphatic rings. The van der Waals surface area contributed by atoms with Gasteiger partial charge in [0.1, 0.15) is 12.3 Å². The SMILES string of the molecule is Cc1ccc2nc(COC(=O)CC(O)Cc3ccccc3)cc(=O)n2c1. The number of aromatic nitrogens is 2. The molecule has 6 nitrogen and oxygen atoms in total. The van der Waals surface area contributed by atoms with E-state index >= 15 is 0 Å². The van der Waals surface area contributed by atoms with E-state index in [2.05, 4.69) is 4.98 Å². The van der Waals surface area contributed by atoms with Crippen LogP contribution in [0.5, 0.6) is 0 Å². The monoisotopic (exact) mass is 352 g/mol. The van der Waals surface area contributed by atoms with Gasteiger partial charge in [0.25, 0.3) is 5.56 Å². The van der Waals surface area contributed by atoms with Gasteiger partial charge in [-0.1, -0.05) is 36.4 Å². The second-order valence-corrected chi connectivity index (χ2v) is 6.23. The molecule has 3 rings (SSSR count). The summed E-state index contributed by atoms with van der Waals surface area (Å²) in [6.07, 6.45) is 1.16. The molecule has 0 radical (unpaired) electrons. The summed E-state index contributed by atoms with van der Waals surface area (Å²) >= 11 is 0. The first-order chi connectivity index (χ1) is 12.5. The lowest BCUT2D eigenvalue weighted by Gasteiger charge is -2.11. The van der Waals surface area contributed by atoms with Crippen molar-refractivity contribution >= 4 is 11.6 Å². The van der Waals surface area contributed by atoms with Gasteiger partial charge < -0.3 is 9.84 Å². The second-order valence-electron chi connectivity index (χ2n) is 6.23. The molecule has 1 unspecified atom stereocenters. The number of aliphatic hydroxyl groups excluding tert-OH is 1. The number of pyridine rings is 1. The Morgan fingerprint density at radius 1 is 1.23 bits per heavy atom. The van der Waals surface area contributed by atoms with Crippen LogP contribution in [-0.4, -0.2) is 26.6 Å². The van der Waals surface area contributed by atoms with Crippen molar-refractivity contribution in [2.24, 2.45) is 0 Å². The Hall–Kier alpha value is -2.99. The normalized spacial score (nSPS) is 12.1. The van der Waals surface area contributed by atoms with E-state index in [-0.39, 0.29) is 18.6 Å². The molecule has 134 valence electrons. The molecule has 26 heavy (non-hydrogen) atoms. The number of hydrogen-bond acceptors (Lipinski definition) is 5. The van der Waals surface area contributed by atoms with Crippen molar-refractivity contribution in [2.75, 3.05) is 0 Å². The Bertz CT molecular complexity index is 966. The molecule has 2 aromatic heterocycles. The number of benzene rings is 1. The van der Waals surface area contributed by atoms with Crippen molar-refractivity contribution < 1.29 is 14.6 Å². The minimum Gasteiger partial charge on any atom is -0.459 e. The van der Waals surface area contributed by atoms with Gasteiger partial charge in [-0.15, -0.1) is 0 Å². The van der Waals surface area contributed by atoms with Crippen molar-refractivity contribution in [2.45, 2.75) is 32.5 Å². The maximum absolute atomic E-state index is 12.1. The average Bonchev–Trinajstić information content (AvgIpc) is 2.61. The number of aryl methyl sites for hydroxylation is 1. The molecule has 0 fully saturated rings. The van der Waals surface area contributed by atoms with Crippen LogP contribution in [0.25, 0.3) is 5.65 Å². The predicted molar refractivity (Wildman–Crippen MR) is 96.8 cm³/mol. The molecular formula is C20H20N2O4. The zero-order valence-corrected chi connectivity index (χ0v) is 14.5. The number of carbonyl (C=O) groups excluding carboxylic acids is 1. The highest BCUT2D eigenvalue weighted by Crippen LogP contribution is 2.08. The zero-order chi connectivity index (χ0) is 18.5. The van der Waals surface area contributed by atoms with E-state index in [0.29, 0.717) is 17.8 Å². The summed E-state index contributed by atoms with van der Waals surface area (Å²) in [5.41, 5.74) is 2.55. The summed E-state index contributed by atoms with van der Waals surface area (Å²) in [4.78, 5) is 28.4. The fraction of sp³-hybridized carbons (Fsp3) is 0.250. The van der Waals surface area contributed by atoms with E-state index in [0.717, 1.165) is 11.1 Å². The third kappa shape index (κ3) is 4.55. The first-order valence-corrected chi connectivity index (χ1v) is 8.38. The Labute approximate surface area is 150 Å². The molecule has 0 aliphatic carbocycles. The summed E-state index contributed by atoms with van der Waals surface area (Å²) < 4.78 is 6.60. The van der Waals surface area contributed by atoms with Crippen LogP contribution in [0.3, 0.4) is 0 Å². The summed E-state index contributed by atoms with van der Waals surface area (Å²) in [6.45, 7) is 1.79. The summed E-state index contributed by atoms with van der Waals surface area (Å²) in [5.74, 6) is -0.528. The fourth-order valence-corrected chi connectivity index (χ4v) is 2.70. The van der Waals surface area contributed by atoms with E-state index in [1.807, 2.05) is 43.3 Å². The van der Waals surface area contributed by atoms with Crippen LogP contribution in [0.2, 0.25) is 0 Å². The van der Waals surface area contributed by atoms with Gasteiger partial charge in [0, 0.05) is 12.3 Å². The van der Waals surface area contributed by atoms with E-state index < -0.39 is 12.1 Å². The molecule has 2 heterocycles. The Kier molecular flexibility index (Phi) is 5.43. The average molecular weight is 352 g/mol. The topological polar surface area (TPSA) is 80.9 Å². The lowest BCUT2D eigenvalue weighted by Crippen LogP contribution is -2.19. The van der Waals surface area contributed by atoms with Crippen LogP contribution < -0.4 is 5.56 Å². The quantitative estimate of drug-likeness (QED) is 0.687. The molecule has 6 heteroatoms. The van der Waals surface area contributed by atoms with E-state index in [1.54, 1.807) is 12.3 Å². The molecule has 0 saturated carbocycles. The van der Waals surface area contributed by atoms with Gasteiger partial charge in [-0.25, -0.2) is 4.98 Å². The predicted octanol–water partition coefficient (Wildman–Crippen LogP) is 2.04. The number of fused-ring (bicyclic) bond motifs is 1. The molecular weight excluding hydrogens is 332 g/mol. The molecule has 0 bridgehead atoms. The number of ether oxygens (including phenoxy) is 1. The van der Waals surface area contributed by atoms with Crippen LogP contribution in [0.4, 0.5) is 0 Å². The summed E-state index contributed by atoms with van der Waals surface area (Å²) in [7, 11) is 0. The minimum atomic E-state index is -0.817. The lowest BCUT2D eigenvalue weighted by atomic mass is 10.1. The third-order valence-corrected chi connectivity index (χ3v) is 3.96. The van der Waals surface area contributed by atoms with Gasteiger partial charge in [-0.05, 0) is 30.5 Å². The number of rotatable bonds is 6. The molecule has 0 aliphatic heterocycles. The van der Waals surface area contributed by atoms with Crippen molar-refractivity contribution in [1.82, 2.24) is 9.38 Å². The van der Waals surface area contributed by atoms with Gasteiger partial charge >= 0.3 is 5.97 Å². The molecule has 0 amide bonds. The van der Waals surface area contributed by atoms with Crippen LogP contribution in [0.15, 0.2) is 59.5 Å². The van der Waals surface area contributed by atoms with Crippen LogP contribution in [-0.2, 0) is 22.6 Å². The van der Waals surface area contributed by atoms with E-state index in [1.165, 1.54) is 10.5 Å². The van der Waals surface area contributed by atoms with Crippen LogP contribution >= 0.6 is 0 Å². The smallest absolute Gasteiger partial charge is 0.308 e. The third-order valence-electron chi connectivity index (χ3n) is 3.96. The number of aliphatic hydroxyl groups is 1. The second kappa shape index (κ2) is 7.93. The van der Waals surface area contributed by atoms with Gasteiger partial charge in [-0.2, -0.15) is 0 Å². The van der Waals surface area contributed by atoms with Crippen molar-refractivity contribution in [1.29, 1.82) is 0 Å². The number of hydrogen-bond donors (Lipinski definition) is 1. The highest BCUT2D eigenvalue weighted by atomic mass is 16.5. The Morgan fingerprint density at radius 3 is 2.77 bits per heavy atom. The molecule has 3 aromatic rings. The Balaban J connectivity index is 1.58. The van der Waals surface area contributed by atoms with Gasteiger partial charge in [-0.3, -0.25) is 14.0 Å². The van der Waals surface area contributed by atoms with Gasteiger partial charge in [0.2, 0.25) is 0 Å². The number of carbonyl (C=O) groups is 1. The lowest BCUT2D eigenvalue weighted by molar-refractivity contribution is -0.147. The maximum Gasteiger partial charge on any atom is 0.308 e. The largest absolute Gasteiger partial charge is 0.459 e.